The van der Waals surface area contributed by atoms with Gasteiger partial charge in [-0.1, -0.05) is 13.8 Å². The number of nitrogens with zero attached hydrogens (tertiary/aromatic N) is 3. The summed E-state index contributed by atoms with van der Waals surface area (Å²) in [6.07, 6.45) is 1.85. The third-order valence-corrected chi connectivity index (χ3v) is 5.02. The highest BCUT2D eigenvalue weighted by atomic mass is 32.1. The van der Waals surface area contributed by atoms with Crippen LogP contribution >= 0.6 is 11.3 Å². The Morgan fingerprint density at radius 3 is 2.95 bits per heavy atom. The molecule has 6 heteroatoms. The molecule has 1 aliphatic rings. The van der Waals surface area contributed by atoms with Gasteiger partial charge in [0.05, 0.1) is 5.01 Å². The number of thiazole rings is 1. The molecule has 2 rings (SSSR count). The van der Waals surface area contributed by atoms with Crippen molar-refractivity contribution in [1.29, 1.82) is 0 Å². The fourth-order valence-electron chi connectivity index (χ4n) is 2.82. The first-order valence-electron chi connectivity index (χ1n) is 7.84. The Hall–Kier alpha value is -0.980. The maximum atomic E-state index is 12.5. The SMILES string of the molecule is CCN(CC)CC1CCN(C(=O)c2csc(CCN)n2)C1. The zero-order valence-electron chi connectivity index (χ0n) is 13.0. The molecule has 0 saturated carbocycles. The molecule has 0 radical (unpaired) electrons. The van der Waals surface area contributed by atoms with Crippen LogP contribution in [-0.2, 0) is 6.42 Å². The molecule has 1 aliphatic heterocycles. The minimum absolute atomic E-state index is 0.0802. The first-order valence-corrected chi connectivity index (χ1v) is 8.71. The summed E-state index contributed by atoms with van der Waals surface area (Å²) in [6, 6.07) is 0. The molecular formula is C15H26N4OS. The van der Waals surface area contributed by atoms with Crippen LogP contribution < -0.4 is 5.73 Å². The van der Waals surface area contributed by atoms with Crippen LogP contribution in [0, 0.1) is 5.92 Å². The molecule has 1 atom stereocenters. The smallest absolute Gasteiger partial charge is 0.273 e. The number of hydrogen-bond acceptors (Lipinski definition) is 5. The van der Waals surface area contributed by atoms with Crippen LogP contribution in [0.3, 0.4) is 0 Å². The topological polar surface area (TPSA) is 62.5 Å². The Morgan fingerprint density at radius 2 is 2.29 bits per heavy atom. The lowest BCUT2D eigenvalue weighted by Gasteiger charge is -2.22. The molecule has 1 fully saturated rings. The molecule has 2 heterocycles. The predicted molar refractivity (Wildman–Crippen MR) is 86.7 cm³/mol. The number of amides is 1. The second-order valence-corrected chi connectivity index (χ2v) is 6.50. The van der Waals surface area contributed by atoms with E-state index in [2.05, 4.69) is 23.7 Å². The van der Waals surface area contributed by atoms with Crippen molar-refractivity contribution in [2.75, 3.05) is 39.3 Å². The molecule has 118 valence electrons. The van der Waals surface area contributed by atoms with E-state index in [1.54, 1.807) is 0 Å². The predicted octanol–water partition coefficient (Wildman–Crippen LogP) is 1.45. The van der Waals surface area contributed by atoms with Crippen LogP contribution in [0.4, 0.5) is 0 Å². The van der Waals surface area contributed by atoms with Crippen molar-refractivity contribution in [3.05, 3.63) is 16.1 Å². The fourth-order valence-corrected chi connectivity index (χ4v) is 3.61. The van der Waals surface area contributed by atoms with Gasteiger partial charge in [-0.25, -0.2) is 4.98 Å². The third kappa shape index (κ3) is 4.25. The number of nitrogens with two attached hydrogens (primary N) is 1. The maximum absolute atomic E-state index is 12.5. The van der Waals surface area contributed by atoms with Crippen molar-refractivity contribution >= 4 is 17.2 Å². The van der Waals surface area contributed by atoms with E-state index in [4.69, 9.17) is 5.73 Å². The van der Waals surface area contributed by atoms with E-state index in [1.807, 2.05) is 10.3 Å². The van der Waals surface area contributed by atoms with Gasteiger partial charge in [0, 0.05) is 31.4 Å². The zero-order chi connectivity index (χ0) is 15.2. The van der Waals surface area contributed by atoms with E-state index in [9.17, 15) is 4.79 Å². The largest absolute Gasteiger partial charge is 0.337 e. The number of carbonyl (C=O) groups excluding carboxylic acids is 1. The fraction of sp³-hybridized carbons (Fsp3) is 0.733. The minimum Gasteiger partial charge on any atom is -0.337 e. The van der Waals surface area contributed by atoms with Gasteiger partial charge < -0.3 is 15.5 Å². The van der Waals surface area contributed by atoms with Crippen LogP contribution in [0.2, 0.25) is 0 Å². The highest BCUT2D eigenvalue weighted by Crippen LogP contribution is 2.20. The van der Waals surface area contributed by atoms with Crippen molar-refractivity contribution in [2.45, 2.75) is 26.7 Å². The Labute approximate surface area is 131 Å². The first kappa shape index (κ1) is 16.4. The number of aromatic nitrogens is 1. The van der Waals surface area contributed by atoms with Gasteiger partial charge in [0.25, 0.3) is 5.91 Å². The van der Waals surface area contributed by atoms with Gasteiger partial charge in [-0.15, -0.1) is 11.3 Å². The average Bonchev–Trinajstić information content (AvgIpc) is 3.13. The van der Waals surface area contributed by atoms with Crippen molar-refractivity contribution in [2.24, 2.45) is 11.7 Å². The highest BCUT2D eigenvalue weighted by Gasteiger charge is 2.28. The van der Waals surface area contributed by atoms with Crippen LogP contribution in [-0.4, -0.2) is 60.0 Å². The van der Waals surface area contributed by atoms with E-state index in [-0.39, 0.29) is 5.91 Å². The number of carbonyl (C=O) groups is 1. The minimum atomic E-state index is 0.0802. The van der Waals surface area contributed by atoms with E-state index in [0.717, 1.165) is 50.6 Å². The van der Waals surface area contributed by atoms with E-state index >= 15 is 0 Å². The third-order valence-electron chi connectivity index (χ3n) is 4.11. The lowest BCUT2D eigenvalue weighted by molar-refractivity contribution is 0.0778. The van der Waals surface area contributed by atoms with Gasteiger partial charge in [0.15, 0.2) is 0 Å². The molecule has 1 unspecified atom stereocenters. The van der Waals surface area contributed by atoms with Crippen LogP contribution in [0.5, 0.6) is 0 Å². The second kappa shape index (κ2) is 7.87. The summed E-state index contributed by atoms with van der Waals surface area (Å²) in [4.78, 5) is 21.2. The zero-order valence-corrected chi connectivity index (χ0v) is 13.9. The van der Waals surface area contributed by atoms with Crippen LogP contribution in [0.15, 0.2) is 5.38 Å². The van der Waals surface area contributed by atoms with Gasteiger partial charge in [-0.3, -0.25) is 4.79 Å². The molecule has 0 aliphatic carbocycles. The quantitative estimate of drug-likeness (QED) is 0.828. The maximum Gasteiger partial charge on any atom is 0.273 e. The number of likely N-dealkylation sites (tertiary alicyclic amines) is 1. The van der Waals surface area contributed by atoms with Gasteiger partial charge in [-0.2, -0.15) is 0 Å². The molecule has 1 aromatic rings. The summed E-state index contributed by atoms with van der Waals surface area (Å²) < 4.78 is 0. The Kier molecular flexibility index (Phi) is 6.14. The average molecular weight is 310 g/mol. The summed E-state index contributed by atoms with van der Waals surface area (Å²) in [5.74, 6) is 0.674. The molecule has 21 heavy (non-hydrogen) atoms. The summed E-state index contributed by atoms with van der Waals surface area (Å²) in [6.45, 7) is 9.92. The van der Waals surface area contributed by atoms with E-state index < -0.39 is 0 Å². The molecule has 0 aromatic carbocycles. The number of rotatable bonds is 7. The summed E-state index contributed by atoms with van der Waals surface area (Å²) in [5.41, 5.74) is 6.12. The molecule has 0 spiro atoms. The lowest BCUT2D eigenvalue weighted by Crippen LogP contribution is -2.33. The van der Waals surface area contributed by atoms with Gasteiger partial charge in [0.2, 0.25) is 0 Å². The Bertz CT molecular complexity index is 458. The second-order valence-electron chi connectivity index (χ2n) is 5.56. The lowest BCUT2D eigenvalue weighted by atomic mass is 10.1. The van der Waals surface area contributed by atoms with Crippen molar-refractivity contribution in [3.63, 3.8) is 0 Å². The molecule has 5 nitrogen and oxygen atoms in total. The van der Waals surface area contributed by atoms with E-state index in [0.29, 0.717) is 18.2 Å². The van der Waals surface area contributed by atoms with Crippen molar-refractivity contribution < 1.29 is 4.79 Å². The highest BCUT2D eigenvalue weighted by molar-refractivity contribution is 7.09. The van der Waals surface area contributed by atoms with Crippen LogP contribution in [0.25, 0.3) is 0 Å². The molecule has 0 bridgehead atoms. The van der Waals surface area contributed by atoms with E-state index in [1.165, 1.54) is 11.3 Å². The Morgan fingerprint density at radius 1 is 1.52 bits per heavy atom. The van der Waals surface area contributed by atoms with Crippen molar-refractivity contribution in [3.8, 4) is 0 Å². The monoisotopic (exact) mass is 310 g/mol. The summed E-state index contributed by atoms with van der Waals surface area (Å²) in [7, 11) is 0. The molecule has 1 aromatic heterocycles. The molecule has 1 saturated heterocycles. The first-order chi connectivity index (χ1) is 10.2. The Balaban J connectivity index is 1.89. The number of hydrogen-bond donors (Lipinski definition) is 1. The normalized spacial score (nSPS) is 18.7. The summed E-state index contributed by atoms with van der Waals surface area (Å²) in [5, 5.41) is 2.82. The van der Waals surface area contributed by atoms with Gasteiger partial charge in [-0.05, 0) is 32.0 Å². The molecular weight excluding hydrogens is 284 g/mol. The molecule has 2 N–H and O–H groups in total. The molecule has 1 amide bonds. The van der Waals surface area contributed by atoms with Gasteiger partial charge >= 0.3 is 0 Å². The van der Waals surface area contributed by atoms with Crippen molar-refractivity contribution in [1.82, 2.24) is 14.8 Å². The van der Waals surface area contributed by atoms with Gasteiger partial charge in [0.1, 0.15) is 5.69 Å². The van der Waals surface area contributed by atoms with Crippen LogP contribution in [0.1, 0.15) is 35.8 Å². The summed E-state index contributed by atoms with van der Waals surface area (Å²) >= 11 is 1.53. The standard InChI is InChI=1S/C15H26N4OS/c1-3-18(4-2)9-12-6-8-19(10-12)15(20)13-11-21-14(17-13)5-7-16/h11-12H,3-10,16H2,1-2H3.